The molecule has 0 saturated carbocycles. The predicted octanol–water partition coefficient (Wildman–Crippen LogP) is 2.60. The zero-order chi connectivity index (χ0) is 19.4. The molecule has 2 aromatic rings. The zero-order valence-electron chi connectivity index (χ0n) is 16.7. The van der Waals surface area contributed by atoms with Gasteiger partial charge in [-0.25, -0.2) is 15.0 Å². The van der Waals surface area contributed by atoms with Crippen LogP contribution in [0.3, 0.4) is 0 Å². The van der Waals surface area contributed by atoms with Gasteiger partial charge in [0.1, 0.15) is 12.1 Å². The van der Waals surface area contributed by atoms with Crippen LogP contribution >= 0.6 is 0 Å². The molecule has 2 fully saturated rings. The number of aromatic nitrogens is 4. The van der Waals surface area contributed by atoms with Gasteiger partial charge in [-0.15, -0.1) is 0 Å². The van der Waals surface area contributed by atoms with Crippen LogP contribution in [0.1, 0.15) is 50.3 Å². The standard InChI is InChI=1S/C21H30N6O/c1-2-4-17-11-22-16-25-20(17)27-9-3-7-21(14-27)8-5-19(28)26(13-21)10-6-18-12-23-15-24-18/h11-12,15-16H,2-10,13-14H2,1H3,(H,23,24). The highest BCUT2D eigenvalue weighted by atomic mass is 16.2. The van der Waals surface area contributed by atoms with E-state index in [1.807, 2.05) is 12.4 Å². The van der Waals surface area contributed by atoms with Crippen molar-refractivity contribution < 1.29 is 4.79 Å². The third kappa shape index (κ3) is 4.03. The average Bonchev–Trinajstić information content (AvgIpc) is 3.23. The molecule has 7 nitrogen and oxygen atoms in total. The van der Waals surface area contributed by atoms with E-state index in [2.05, 4.69) is 36.7 Å². The van der Waals surface area contributed by atoms with Crippen LogP contribution in [0.15, 0.2) is 25.0 Å². The molecule has 4 heterocycles. The molecule has 1 spiro atoms. The van der Waals surface area contributed by atoms with Crippen LogP contribution in [0.25, 0.3) is 0 Å². The van der Waals surface area contributed by atoms with Crippen molar-refractivity contribution >= 4 is 11.7 Å². The van der Waals surface area contributed by atoms with E-state index in [-0.39, 0.29) is 11.3 Å². The fraction of sp³-hybridized carbons (Fsp3) is 0.619. The summed E-state index contributed by atoms with van der Waals surface area (Å²) >= 11 is 0. The second-order valence-electron chi connectivity index (χ2n) is 8.29. The minimum Gasteiger partial charge on any atom is -0.356 e. The Morgan fingerprint density at radius 2 is 2.11 bits per heavy atom. The number of hydrogen-bond donors (Lipinski definition) is 1. The number of aryl methyl sites for hydroxylation is 1. The number of piperidine rings is 2. The molecule has 0 aromatic carbocycles. The first-order valence-corrected chi connectivity index (χ1v) is 10.5. The maximum absolute atomic E-state index is 12.5. The SMILES string of the molecule is CCCc1cncnc1N1CCCC2(CCC(=O)N(CCc3cnc[nH]3)C2)C1. The van der Waals surface area contributed by atoms with E-state index in [1.54, 1.807) is 12.7 Å². The Kier molecular flexibility index (Phi) is 5.59. The molecule has 0 radical (unpaired) electrons. The monoisotopic (exact) mass is 382 g/mol. The lowest BCUT2D eigenvalue weighted by Crippen LogP contribution is -2.54. The molecular weight excluding hydrogens is 352 g/mol. The van der Waals surface area contributed by atoms with Crippen molar-refractivity contribution in [3.05, 3.63) is 36.3 Å². The molecule has 1 N–H and O–H groups in total. The van der Waals surface area contributed by atoms with Crippen LogP contribution in [-0.2, 0) is 17.6 Å². The van der Waals surface area contributed by atoms with Crippen LogP contribution in [0, 0.1) is 5.41 Å². The molecule has 150 valence electrons. The molecule has 4 rings (SSSR count). The summed E-state index contributed by atoms with van der Waals surface area (Å²) in [7, 11) is 0. The Labute approximate surface area is 166 Å². The van der Waals surface area contributed by atoms with Crippen molar-refractivity contribution in [1.29, 1.82) is 0 Å². The lowest BCUT2D eigenvalue weighted by Gasteiger charge is -2.48. The maximum Gasteiger partial charge on any atom is 0.222 e. The molecule has 2 aliphatic heterocycles. The number of imidazole rings is 1. The van der Waals surface area contributed by atoms with Gasteiger partial charge in [0.2, 0.25) is 5.91 Å². The van der Waals surface area contributed by atoms with E-state index >= 15 is 0 Å². The summed E-state index contributed by atoms with van der Waals surface area (Å²) in [5, 5.41) is 0. The van der Waals surface area contributed by atoms with Gasteiger partial charge in [-0.3, -0.25) is 4.79 Å². The van der Waals surface area contributed by atoms with Crippen molar-refractivity contribution in [1.82, 2.24) is 24.8 Å². The summed E-state index contributed by atoms with van der Waals surface area (Å²) in [4.78, 5) is 33.1. The molecule has 1 amide bonds. The Hall–Kier alpha value is -2.44. The summed E-state index contributed by atoms with van der Waals surface area (Å²) in [5.41, 5.74) is 2.50. The first-order valence-electron chi connectivity index (χ1n) is 10.5. The van der Waals surface area contributed by atoms with Crippen molar-refractivity contribution in [2.75, 3.05) is 31.1 Å². The van der Waals surface area contributed by atoms with Gasteiger partial charge in [0, 0.05) is 68.1 Å². The number of hydrogen-bond acceptors (Lipinski definition) is 5. The number of likely N-dealkylation sites (tertiary alicyclic amines) is 1. The van der Waals surface area contributed by atoms with Gasteiger partial charge >= 0.3 is 0 Å². The van der Waals surface area contributed by atoms with Gasteiger partial charge in [0.15, 0.2) is 0 Å². The molecule has 2 aliphatic rings. The summed E-state index contributed by atoms with van der Waals surface area (Å²) in [5.74, 6) is 1.38. The van der Waals surface area contributed by atoms with Gasteiger partial charge in [-0.2, -0.15) is 0 Å². The van der Waals surface area contributed by atoms with Gasteiger partial charge in [0.25, 0.3) is 0 Å². The normalized spacial score (nSPS) is 22.8. The first kappa shape index (κ1) is 18.9. The number of nitrogens with zero attached hydrogens (tertiary/aromatic N) is 5. The van der Waals surface area contributed by atoms with Gasteiger partial charge in [-0.1, -0.05) is 13.3 Å². The van der Waals surface area contributed by atoms with Crippen LogP contribution in [0.5, 0.6) is 0 Å². The zero-order valence-corrected chi connectivity index (χ0v) is 16.7. The lowest BCUT2D eigenvalue weighted by atomic mass is 9.73. The van der Waals surface area contributed by atoms with E-state index in [0.717, 1.165) is 69.8 Å². The average molecular weight is 383 g/mol. The number of aromatic amines is 1. The van der Waals surface area contributed by atoms with Gasteiger partial charge < -0.3 is 14.8 Å². The summed E-state index contributed by atoms with van der Waals surface area (Å²) in [6.07, 6.45) is 14.1. The fourth-order valence-electron chi connectivity index (χ4n) is 4.79. The largest absolute Gasteiger partial charge is 0.356 e. The van der Waals surface area contributed by atoms with Gasteiger partial charge in [0.05, 0.1) is 6.33 Å². The van der Waals surface area contributed by atoms with Crippen molar-refractivity contribution in [2.24, 2.45) is 5.41 Å². The van der Waals surface area contributed by atoms with Crippen LogP contribution < -0.4 is 4.90 Å². The molecule has 1 unspecified atom stereocenters. The Morgan fingerprint density at radius 3 is 2.93 bits per heavy atom. The minimum atomic E-state index is 0.175. The van der Waals surface area contributed by atoms with E-state index in [0.29, 0.717) is 6.42 Å². The van der Waals surface area contributed by atoms with E-state index in [4.69, 9.17) is 0 Å². The third-order valence-electron chi connectivity index (χ3n) is 6.20. The highest BCUT2D eigenvalue weighted by Crippen LogP contribution is 2.40. The van der Waals surface area contributed by atoms with Crippen molar-refractivity contribution in [3.8, 4) is 0 Å². The number of rotatable bonds is 6. The second-order valence-corrected chi connectivity index (χ2v) is 8.29. The summed E-state index contributed by atoms with van der Waals surface area (Å²) in [6, 6.07) is 0. The van der Waals surface area contributed by atoms with Crippen molar-refractivity contribution in [3.63, 3.8) is 0 Å². The summed E-state index contributed by atoms with van der Waals surface area (Å²) in [6.45, 7) is 5.83. The Morgan fingerprint density at radius 1 is 1.18 bits per heavy atom. The number of anilines is 1. The number of carbonyl (C=O) groups is 1. The van der Waals surface area contributed by atoms with Crippen LogP contribution in [0.2, 0.25) is 0 Å². The maximum atomic E-state index is 12.5. The molecule has 2 saturated heterocycles. The molecular formula is C21H30N6O. The highest BCUT2D eigenvalue weighted by Gasteiger charge is 2.42. The molecule has 0 aliphatic carbocycles. The molecule has 28 heavy (non-hydrogen) atoms. The quantitative estimate of drug-likeness (QED) is 0.831. The number of amides is 1. The van der Waals surface area contributed by atoms with Gasteiger partial charge in [-0.05, 0) is 25.7 Å². The smallest absolute Gasteiger partial charge is 0.222 e. The number of H-pyrrole nitrogens is 1. The topological polar surface area (TPSA) is 78.0 Å². The fourth-order valence-corrected chi connectivity index (χ4v) is 4.79. The second kappa shape index (κ2) is 8.29. The molecule has 1 atom stereocenters. The Bertz CT molecular complexity index is 792. The summed E-state index contributed by atoms with van der Waals surface area (Å²) < 4.78 is 0. The Balaban J connectivity index is 1.47. The van der Waals surface area contributed by atoms with E-state index < -0.39 is 0 Å². The van der Waals surface area contributed by atoms with Crippen molar-refractivity contribution in [2.45, 2.75) is 51.9 Å². The van der Waals surface area contributed by atoms with Crippen LogP contribution in [0.4, 0.5) is 5.82 Å². The molecule has 7 heteroatoms. The third-order valence-corrected chi connectivity index (χ3v) is 6.20. The number of carbonyl (C=O) groups excluding carboxylic acids is 1. The number of nitrogens with one attached hydrogen (secondary N) is 1. The molecule has 0 bridgehead atoms. The van der Waals surface area contributed by atoms with Crippen LogP contribution in [-0.4, -0.2) is 56.9 Å². The highest BCUT2D eigenvalue weighted by molar-refractivity contribution is 5.77. The predicted molar refractivity (Wildman–Crippen MR) is 108 cm³/mol. The lowest BCUT2D eigenvalue weighted by molar-refractivity contribution is -0.137. The first-order chi connectivity index (χ1) is 13.7. The van der Waals surface area contributed by atoms with E-state index in [9.17, 15) is 4.79 Å². The van der Waals surface area contributed by atoms with E-state index in [1.165, 1.54) is 12.0 Å². The molecule has 2 aromatic heterocycles. The minimum absolute atomic E-state index is 0.175.